The normalized spacial score (nSPS) is 10.0. The van der Waals surface area contributed by atoms with Crippen LogP contribution in [0.1, 0.15) is 24.0 Å². The van der Waals surface area contributed by atoms with Crippen molar-refractivity contribution in [2.24, 2.45) is 0 Å². The summed E-state index contributed by atoms with van der Waals surface area (Å²) in [7, 11) is 0. The van der Waals surface area contributed by atoms with E-state index in [0.29, 0.717) is 23.7 Å². The van der Waals surface area contributed by atoms with Crippen molar-refractivity contribution in [2.75, 3.05) is 5.73 Å². The van der Waals surface area contributed by atoms with Gasteiger partial charge < -0.3 is 5.73 Å². The first-order chi connectivity index (χ1) is 8.63. The number of nitrogens with two attached hydrogens (primary N) is 1. The van der Waals surface area contributed by atoms with Crippen molar-refractivity contribution in [2.45, 2.75) is 20.4 Å². The predicted molar refractivity (Wildman–Crippen MR) is 63.6 cm³/mol. The van der Waals surface area contributed by atoms with Crippen molar-refractivity contribution < 1.29 is 0 Å². The lowest BCUT2D eigenvalue weighted by Crippen LogP contribution is -2.08. The quantitative estimate of drug-likeness (QED) is 0.833. The van der Waals surface area contributed by atoms with E-state index in [1.165, 1.54) is 10.9 Å². The summed E-state index contributed by atoms with van der Waals surface area (Å²) in [6.45, 7) is 4.32. The maximum absolute atomic E-state index is 9.11. The summed E-state index contributed by atoms with van der Waals surface area (Å²) in [6.07, 6.45) is 1.41. The molecule has 2 N–H and O–H groups in total. The van der Waals surface area contributed by atoms with Crippen molar-refractivity contribution in [1.82, 2.24) is 19.3 Å². The second-order valence-electron chi connectivity index (χ2n) is 3.67. The predicted octanol–water partition coefficient (Wildman–Crippen LogP) is 0.723. The van der Waals surface area contributed by atoms with Gasteiger partial charge in [-0.1, -0.05) is 0 Å². The second kappa shape index (κ2) is 4.22. The van der Waals surface area contributed by atoms with Crippen molar-refractivity contribution >= 4 is 5.69 Å². The largest absolute Gasteiger partial charge is 0.394 e. The van der Waals surface area contributed by atoms with E-state index in [4.69, 9.17) is 16.3 Å². The first-order valence-corrected chi connectivity index (χ1v) is 5.34. The summed E-state index contributed by atoms with van der Waals surface area (Å²) in [5.74, 6) is 0.570. The van der Waals surface area contributed by atoms with Crippen LogP contribution in [0.3, 0.4) is 0 Å². The third kappa shape index (κ3) is 1.50. The van der Waals surface area contributed by atoms with Gasteiger partial charge in [0.1, 0.15) is 18.5 Å². The number of aryl methyl sites for hydroxylation is 2. The summed E-state index contributed by atoms with van der Waals surface area (Å²) in [6, 6.07) is 3.84. The Hall–Kier alpha value is -2.80. The van der Waals surface area contributed by atoms with Gasteiger partial charge in [-0.25, -0.2) is 9.67 Å². The highest BCUT2D eigenvalue weighted by Gasteiger charge is 2.19. The fourth-order valence-electron chi connectivity index (χ4n) is 1.76. The van der Waals surface area contributed by atoms with Crippen LogP contribution < -0.4 is 5.73 Å². The molecule has 18 heavy (non-hydrogen) atoms. The van der Waals surface area contributed by atoms with Crippen LogP contribution in [0.25, 0.3) is 5.82 Å². The zero-order valence-corrected chi connectivity index (χ0v) is 10.0. The first-order valence-electron chi connectivity index (χ1n) is 5.34. The molecule has 7 nitrogen and oxygen atoms in total. The molecule has 0 aromatic carbocycles. The van der Waals surface area contributed by atoms with Gasteiger partial charge in [-0.2, -0.15) is 15.6 Å². The van der Waals surface area contributed by atoms with Gasteiger partial charge in [0.15, 0.2) is 17.2 Å². The lowest BCUT2D eigenvalue weighted by atomic mass is 10.3. The SMILES string of the molecule is CCn1nc(C)c(N)c1-n1cnc(C#N)c1C#N. The minimum Gasteiger partial charge on any atom is -0.394 e. The van der Waals surface area contributed by atoms with Crippen molar-refractivity contribution in [3.8, 4) is 18.0 Å². The van der Waals surface area contributed by atoms with Crippen LogP contribution in [-0.4, -0.2) is 19.3 Å². The van der Waals surface area contributed by atoms with E-state index in [1.54, 1.807) is 11.6 Å². The van der Waals surface area contributed by atoms with Crippen LogP contribution in [0.4, 0.5) is 5.69 Å². The molecule has 0 aliphatic heterocycles. The molecule has 0 atom stereocenters. The lowest BCUT2D eigenvalue weighted by Gasteiger charge is -2.07. The number of hydrogen-bond donors (Lipinski definition) is 1. The summed E-state index contributed by atoms with van der Waals surface area (Å²) in [4.78, 5) is 3.89. The maximum atomic E-state index is 9.11. The van der Waals surface area contributed by atoms with Crippen LogP contribution in [0.5, 0.6) is 0 Å². The monoisotopic (exact) mass is 241 g/mol. The molecule has 90 valence electrons. The highest BCUT2D eigenvalue weighted by Crippen LogP contribution is 2.23. The molecule has 0 unspecified atom stereocenters. The standard InChI is InChI=1S/C11H11N7/c1-3-18-11(10(14)7(2)16-18)17-6-15-8(4-12)9(17)5-13/h6H,3,14H2,1-2H3. The zero-order valence-electron chi connectivity index (χ0n) is 10.0. The van der Waals surface area contributed by atoms with Gasteiger partial charge in [0.2, 0.25) is 0 Å². The van der Waals surface area contributed by atoms with E-state index in [-0.39, 0.29) is 11.4 Å². The Balaban J connectivity index is 2.75. The molecule has 0 saturated heterocycles. The number of nitrogens with zero attached hydrogens (tertiary/aromatic N) is 6. The summed E-state index contributed by atoms with van der Waals surface area (Å²) in [5, 5.41) is 22.3. The van der Waals surface area contributed by atoms with Crippen molar-refractivity contribution in [3.63, 3.8) is 0 Å². The molecular formula is C11H11N7. The average molecular weight is 241 g/mol. The van der Waals surface area contributed by atoms with E-state index < -0.39 is 0 Å². The summed E-state index contributed by atoms with van der Waals surface area (Å²) < 4.78 is 3.17. The second-order valence-corrected chi connectivity index (χ2v) is 3.67. The third-order valence-corrected chi connectivity index (χ3v) is 2.65. The highest BCUT2D eigenvalue weighted by atomic mass is 15.4. The fourth-order valence-corrected chi connectivity index (χ4v) is 1.76. The van der Waals surface area contributed by atoms with Crippen LogP contribution in [0.2, 0.25) is 0 Å². The molecule has 0 aliphatic rings. The van der Waals surface area contributed by atoms with Gasteiger partial charge in [0.05, 0.1) is 11.4 Å². The van der Waals surface area contributed by atoms with Crippen molar-refractivity contribution in [1.29, 1.82) is 10.5 Å². The number of rotatable bonds is 2. The highest BCUT2D eigenvalue weighted by molar-refractivity contribution is 5.59. The Kier molecular flexibility index (Phi) is 2.74. The van der Waals surface area contributed by atoms with Gasteiger partial charge in [-0.15, -0.1) is 0 Å². The Morgan fingerprint density at radius 1 is 1.39 bits per heavy atom. The van der Waals surface area contributed by atoms with Crippen molar-refractivity contribution in [3.05, 3.63) is 23.4 Å². The molecule has 2 heterocycles. The molecule has 0 saturated carbocycles. The van der Waals surface area contributed by atoms with Gasteiger partial charge in [-0.05, 0) is 13.8 Å². The Morgan fingerprint density at radius 2 is 2.11 bits per heavy atom. The molecule has 7 heteroatoms. The van der Waals surface area contributed by atoms with Crippen LogP contribution in [-0.2, 0) is 6.54 Å². The first kappa shape index (κ1) is 11.7. The number of nitriles is 2. The van der Waals surface area contributed by atoms with E-state index in [9.17, 15) is 0 Å². The average Bonchev–Trinajstić information content (AvgIpc) is 2.90. The minimum atomic E-state index is 0.0819. The van der Waals surface area contributed by atoms with Crippen LogP contribution >= 0.6 is 0 Å². The smallest absolute Gasteiger partial charge is 0.177 e. The topological polar surface area (TPSA) is 109 Å². The fraction of sp³-hybridized carbons (Fsp3) is 0.273. The molecule has 0 bridgehead atoms. The van der Waals surface area contributed by atoms with Crippen LogP contribution in [0, 0.1) is 29.6 Å². The zero-order chi connectivity index (χ0) is 13.3. The minimum absolute atomic E-state index is 0.0819. The number of nitrogen functional groups attached to an aromatic ring is 1. The summed E-state index contributed by atoms with van der Waals surface area (Å²) >= 11 is 0. The molecule has 0 fully saturated rings. The summed E-state index contributed by atoms with van der Waals surface area (Å²) in [5.41, 5.74) is 7.37. The lowest BCUT2D eigenvalue weighted by molar-refractivity contribution is 0.632. The Morgan fingerprint density at radius 3 is 2.67 bits per heavy atom. The molecule has 2 aromatic rings. The maximum Gasteiger partial charge on any atom is 0.177 e. The number of anilines is 1. The number of aromatic nitrogens is 4. The van der Waals surface area contributed by atoms with Gasteiger partial charge in [-0.3, -0.25) is 4.57 Å². The Labute approximate surface area is 104 Å². The third-order valence-electron chi connectivity index (χ3n) is 2.65. The number of hydrogen-bond acceptors (Lipinski definition) is 5. The number of imidazole rings is 1. The molecule has 0 spiro atoms. The van der Waals surface area contributed by atoms with E-state index in [0.717, 1.165) is 0 Å². The van der Waals surface area contributed by atoms with Gasteiger partial charge in [0, 0.05) is 6.54 Å². The molecule has 0 radical (unpaired) electrons. The van der Waals surface area contributed by atoms with Gasteiger partial charge in [0.25, 0.3) is 0 Å². The van der Waals surface area contributed by atoms with E-state index >= 15 is 0 Å². The van der Waals surface area contributed by atoms with E-state index in [1.807, 2.05) is 19.1 Å². The molecule has 0 amide bonds. The molecular weight excluding hydrogens is 230 g/mol. The molecule has 2 rings (SSSR count). The molecule has 0 aliphatic carbocycles. The molecule has 2 aromatic heterocycles. The Bertz CT molecular complexity index is 678. The van der Waals surface area contributed by atoms with E-state index in [2.05, 4.69) is 10.1 Å². The van der Waals surface area contributed by atoms with Gasteiger partial charge >= 0.3 is 0 Å². The van der Waals surface area contributed by atoms with Crippen LogP contribution in [0.15, 0.2) is 6.33 Å².